The van der Waals surface area contributed by atoms with Crippen molar-refractivity contribution in [1.29, 1.82) is 0 Å². The van der Waals surface area contributed by atoms with E-state index in [1.807, 2.05) is 24.3 Å². The van der Waals surface area contributed by atoms with Crippen LogP contribution in [-0.4, -0.2) is 10.4 Å². The molecule has 58 valence electrons. The van der Waals surface area contributed by atoms with Crippen LogP contribution in [0.1, 0.15) is 5.56 Å². The monoisotopic (exact) mass is 212 g/mol. The van der Waals surface area contributed by atoms with Crippen LogP contribution < -0.4 is 0 Å². The van der Waals surface area contributed by atoms with Gasteiger partial charge in [0.05, 0.1) is 0 Å². The molecule has 1 N–H and O–H groups in total. The summed E-state index contributed by atoms with van der Waals surface area (Å²) in [7, 11) is 0. The third kappa shape index (κ3) is 2.76. The van der Waals surface area contributed by atoms with Gasteiger partial charge in [-0.05, 0) is 17.7 Å². The molecule has 0 saturated heterocycles. The van der Waals surface area contributed by atoms with Crippen LogP contribution in [0, 0.1) is 0 Å². The maximum atomic E-state index is 9.07. The summed E-state index contributed by atoms with van der Waals surface area (Å²) >= 11 is 3.28. The molecule has 0 amide bonds. The second-order valence-electron chi connectivity index (χ2n) is 2.15. The van der Waals surface area contributed by atoms with Crippen molar-refractivity contribution >= 4 is 22.0 Å². The highest BCUT2D eigenvalue weighted by atomic mass is 79.9. The lowest BCUT2D eigenvalue weighted by Gasteiger charge is -1.92. The zero-order chi connectivity index (χ0) is 8.10. The summed E-state index contributed by atoms with van der Waals surface area (Å²) in [5.41, 5.74) is 1.02. The quantitative estimate of drug-likeness (QED) is 0.749. The molecule has 1 aromatic rings. The molecule has 0 radical (unpaired) electrons. The normalized spacial score (nSPS) is 10.6. The minimum Gasteiger partial charge on any atom is -0.508 e. The van der Waals surface area contributed by atoms with Crippen molar-refractivity contribution in [2.45, 2.75) is 0 Å². The molecule has 0 aliphatic carbocycles. The molecule has 0 heterocycles. The number of rotatable bonds is 2. The van der Waals surface area contributed by atoms with Gasteiger partial charge in [-0.15, -0.1) is 0 Å². The Morgan fingerprint density at radius 2 is 2.27 bits per heavy atom. The first kappa shape index (κ1) is 8.34. The second-order valence-corrected chi connectivity index (χ2v) is 2.80. The Balaban J connectivity index is 2.79. The van der Waals surface area contributed by atoms with Gasteiger partial charge in [0.1, 0.15) is 5.75 Å². The van der Waals surface area contributed by atoms with Crippen LogP contribution in [-0.2, 0) is 0 Å². The summed E-state index contributed by atoms with van der Waals surface area (Å²) in [6.45, 7) is 0. The molecule has 0 atom stereocenters. The molecule has 1 nitrogen and oxygen atoms in total. The first-order valence-electron chi connectivity index (χ1n) is 3.34. The summed E-state index contributed by atoms with van der Waals surface area (Å²) in [4.78, 5) is 0. The molecule has 0 aliphatic heterocycles. The Morgan fingerprint density at radius 3 is 2.91 bits per heavy atom. The number of alkyl halides is 1. The van der Waals surface area contributed by atoms with Crippen LogP contribution in [0.3, 0.4) is 0 Å². The third-order valence-electron chi connectivity index (χ3n) is 1.27. The van der Waals surface area contributed by atoms with Crippen molar-refractivity contribution in [3.63, 3.8) is 0 Å². The SMILES string of the molecule is Oc1cccc(C=CCBr)c1. The molecule has 0 aromatic heterocycles. The highest BCUT2D eigenvalue weighted by Crippen LogP contribution is 2.11. The molecule has 0 fully saturated rings. The summed E-state index contributed by atoms with van der Waals surface area (Å²) in [6.07, 6.45) is 3.93. The molecule has 0 bridgehead atoms. The number of halogens is 1. The highest BCUT2D eigenvalue weighted by molar-refractivity contribution is 9.09. The average Bonchev–Trinajstić information content (AvgIpc) is 2.01. The molecule has 11 heavy (non-hydrogen) atoms. The summed E-state index contributed by atoms with van der Waals surface area (Å²) < 4.78 is 0. The minimum atomic E-state index is 0.307. The van der Waals surface area contributed by atoms with Crippen LogP contribution in [0.5, 0.6) is 5.75 Å². The van der Waals surface area contributed by atoms with E-state index in [0.29, 0.717) is 5.75 Å². The standard InChI is InChI=1S/C9H9BrO/c10-6-2-4-8-3-1-5-9(11)7-8/h1-5,7,11H,6H2. The van der Waals surface area contributed by atoms with Crippen molar-refractivity contribution < 1.29 is 5.11 Å². The Labute approximate surface area is 74.5 Å². The Morgan fingerprint density at radius 1 is 1.45 bits per heavy atom. The number of hydrogen-bond acceptors (Lipinski definition) is 1. The van der Waals surface area contributed by atoms with Gasteiger partial charge in [-0.3, -0.25) is 0 Å². The van der Waals surface area contributed by atoms with E-state index in [4.69, 9.17) is 5.11 Å². The van der Waals surface area contributed by atoms with Crippen molar-refractivity contribution in [2.24, 2.45) is 0 Å². The Bertz CT molecular complexity index is 255. The minimum absolute atomic E-state index is 0.307. The number of phenols is 1. The first-order chi connectivity index (χ1) is 5.33. The number of allylic oxidation sites excluding steroid dienone is 1. The summed E-state index contributed by atoms with van der Waals surface area (Å²) in [5, 5.41) is 9.90. The predicted molar refractivity (Wildman–Crippen MR) is 50.9 cm³/mol. The number of benzene rings is 1. The van der Waals surface area contributed by atoms with E-state index in [9.17, 15) is 0 Å². The first-order valence-corrected chi connectivity index (χ1v) is 4.46. The van der Waals surface area contributed by atoms with Gasteiger partial charge in [-0.1, -0.05) is 40.2 Å². The van der Waals surface area contributed by atoms with Gasteiger partial charge in [0, 0.05) is 5.33 Å². The zero-order valence-electron chi connectivity index (χ0n) is 6.00. The van der Waals surface area contributed by atoms with E-state index < -0.39 is 0 Å². The molecular weight excluding hydrogens is 204 g/mol. The number of aromatic hydroxyl groups is 1. The van der Waals surface area contributed by atoms with E-state index in [-0.39, 0.29) is 0 Å². The van der Waals surface area contributed by atoms with Crippen LogP contribution in [0.2, 0.25) is 0 Å². The largest absolute Gasteiger partial charge is 0.508 e. The molecule has 1 rings (SSSR count). The lowest BCUT2D eigenvalue weighted by molar-refractivity contribution is 0.475. The molecule has 2 heteroatoms. The van der Waals surface area contributed by atoms with Crippen molar-refractivity contribution in [1.82, 2.24) is 0 Å². The van der Waals surface area contributed by atoms with Gasteiger partial charge in [0.15, 0.2) is 0 Å². The fraction of sp³-hybridized carbons (Fsp3) is 0.111. The highest BCUT2D eigenvalue weighted by Gasteiger charge is 1.87. The van der Waals surface area contributed by atoms with Gasteiger partial charge in [-0.2, -0.15) is 0 Å². The van der Waals surface area contributed by atoms with E-state index in [1.165, 1.54) is 0 Å². The van der Waals surface area contributed by atoms with Gasteiger partial charge in [0.2, 0.25) is 0 Å². The molecule has 0 saturated carbocycles. The van der Waals surface area contributed by atoms with E-state index >= 15 is 0 Å². The number of hydrogen-bond donors (Lipinski definition) is 1. The smallest absolute Gasteiger partial charge is 0.116 e. The lowest BCUT2D eigenvalue weighted by Crippen LogP contribution is -1.70. The van der Waals surface area contributed by atoms with Crippen LogP contribution >= 0.6 is 15.9 Å². The summed E-state index contributed by atoms with van der Waals surface area (Å²) in [5.74, 6) is 0.307. The fourth-order valence-corrected chi connectivity index (χ4v) is 0.996. The van der Waals surface area contributed by atoms with E-state index in [0.717, 1.165) is 10.9 Å². The molecular formula is C9H9BrO. The van der Waals surface area contributed by atoms with Gasteiger partial charge in [-0.25, -0.2) is 0 Å². The zero-order valence-corrected chi connectivity index (χ0v) is 7.58. The molecule has 0 unspecified atom stereocenters. The van der Waals surface area contributed by atoms with Crippen molar-refractivity contribution in [2.75, 3.05) is 5.33 Å². The fourth-order valence-electron chi connectivity index (χ4n) is 0.809. The predicted octanol–water partition coefficient (Wildman–Crippen LogP) is 2.80. The summed E-state index contributed by atoms with van der Waals surface area (Å²) in [6, 6.07) is 7.15. The van der Waals surface area contributed by atoms with Gasteiger partial charge in [0.25, 0.3) is 0 Å². The lowest BCUT2D eigenvalue weighted by atomic mass is 10.2. The van der Waals surface area contributed by atoms with Gasteiger partial charge < -0.3 is 5.11 Å². The van der Waals surface area contributed by atoms with Gasteiger partial charge >= 0.3 is 0 Å². The molecule has 0 spiro atoms. The Kier molecular flexibility index (Phi) is 3.17. The maximum absolute atomic E-state index is 9.07. The topological polar surface area (TPSA) is 20.2 Å². The molecule has 0 aliphatic rings. The van der Waals surface area contributed by atoms with Crippen LogP contribution in [0.4, 0.5) is 0 Å². The van der Waals surface area contributed by atoms with E-state index in [1.54, 1.807) is 12.1 Å². The maximum Gasteiger partial charge on any atom is 0.116 e. The molecule has 1 aromatic carbocycles. The third-order valence-corrected chi connectivity index (χ3v) is 1.64. The van der Waals surface area contributed by atoms with Crippen molar-refractivity contribution in [3.8, 4) is 5.75 Å². The van der Waals surface area contributed by atoms with Crippen molar-refractivity contribution in [3.05, 3.63) is 35.9 Å². The number of phenolic OH excluding ortho intramolecular Hbond substituents is 1. The average molecular weight is 213 g/mol. The van der Waals surface area contributed by atoms with E-state index in [2.05, 4.69) is 15.9 Å². The second kappa shape index (κ2) is 4.19. The van der Waals surface area contributed by atoms with Crippen LogP contribution in [0.25, 0.3) is 6.08 Å². The van der Waals surface area contributed by atoms with Crippen LogP contribution in [0.15, 0.2) is 30.3 Å². The Hall–Kier alpha value is -0.760.